The normalized spacial score (nSPS) is 15.1. The summed E-state index contributed by atoms with van der Waals surface area (Å²) in [5.74, 6) is -0.731. The zero-order valence-corrected chi connectivity index (χ0v) is 19.6. The molecule has 1 aliphatic heterocycles. The number of hydrogen-bond acceptors (Lipinski definition) is 5. The van der Waals surface area contributed by atoms with E-state index in [1.165, 1.54) is 12.1 Å². The van der Waals surface area contributed by atoms with Gasteiger partial charge in [0, 0.05) is 37.5 Å². The first-order chi connectivity index (χ1) is 16.4. The van der Waals surface area contributed by atoms with E-state index < -0.39 is 11.9 Å². The Hall–Kier alpha value is -3.07. The van der Waals surface area contributed by atoms with E-state index in [9.17, 15) is 18.8 Å². The van der Waals surface area contributed by atoms with E-state index in [-0.39, 0.29) is 29.1 Å². The maximum absolute atomic E-state index is 13.4. The summed E-state index contributed by atoms with van der Waals surface area (Å²) in [5.41, 5.74) is 6.71. The Kier molecular flexibility index (Phi) is 9.33. The second-order valence-corrected chi connectivity index (χ2v) is 8.66. The molecule has 0 spiro atoms. The number of primary amides is 1. The molecule has 1 aliphatic rings. The number of nitrogens with zero attached hydrogens (tertiary/aromatic N) is 1. The highest BCUT2D eigenvalue weighted by Gasteiger charge is 2.28. The third-order valence-electron chi connectivity index (χ3n) is 6.18. The Morgan fingerprint density at radius 3 is 2.53 bits per heavy atom. The van der Waals surface area contributed by atoms with Crippen LogP contribution in [0.15, 0.2) is 24.3 Å². The molecule has 3 rings (SSSR count). The molecule has 184 valence electrons. The molecule has 1 aromatic heterocycles. The van der Waals surface area contributed by atoms with Crippen LogP contribution >= 0.6 is 0 Å². The van der Waals surface area contributed by atoms with Gasteiger partial charge in [0.15, 0.2) is 5.69 Å². The molecule has 0 bridgehead atoms. The third-order valence-corrected chi connectivity index (χ3v) is 6.18. The molecular formula is C25H33FN4O4. The summed E-state index contributed by atoms with van der Waals surface area (Å²) in [6, 6.07) is 5.24. The van der Waals surface area contributed by atoms with Crippen molar-refractivity contribution in [3.63, 3.8) is 0 Å². The van der Waals surface area contributed by atoms with Crippen molar-refractivity contribution in [3.05, 3.63) is 41.5 Å². The molecule has 2 amide bonds. The Morgan fingerprint density at radius 1 is 1.18 bits per heavy atom. The first kappa shape index (κ1) is 25.6. The van der Waals surface area contributed by atoms with Crippen LogP contribution in [0.25, 0.3) is 11.4 Å². The number of halogens is 1. The number of ketones is 1. The lowest BCUT2D eigenvalue weighted by molar-refractivity contribution is -0.128. The van der Waals surface area contributed by atoms with Crippen LogP contribution < -0.4 is 11.1 Å². The van der Waals surface area contributed by atoms with E-state index in [0.29, 0.717) is 62.4 Å². The lowest BCUT2D eigenvalue weighted by Crippen LogP contribution is -2.37. The molecule has 0 saturated carbocycles. The van der Waals surface area contributed by atoms with Crippen molar-refractivity contribution < 1.29 is 23.5 Å². The van der Waals surface area contributed by atoms with Crippen LogP contribution in [-0.2, 0) is 14.3 Å². The minimum atomic E-state index is -0.710. The van der Waals surface area contributed by atoms with Crippen molar-refractivity contribution in [2.45, 2.75) is 64.3 Å². The number of amides is 2. The van der Waals surface area contributed by atoms with Gasteiger partial charge in [-0.2, -0.15) is 0 Å². The minimum absolute atomic E-state index is 0.0535. The van der Waals surface area contributed by atoms with Crippen LogP contribution in [0.1, 0.15) is 80.5 Å². The fourth-order valence-corrected chi connectivity index (χ4v) is 4.13. The molecule has 8 nitrogen and oxygen atoms in total. The topological polar surface area (TPSA) is 127 Å². The van der Waals surface area contributed by atoms with Crippen LogP contribution in [-0.4, -0.2) is 40.8 Å². The predicted molar refractivity (Wildman–Crippen MR) is 125 cm³/mol. The summed E-state index contributed by atoms with van der Waals surface area (Å²) < 4.78 is 18.7. The predicted octanol–water partition coefficient (Wildman–Crippen LogP) is 3.83. The van der Waals surface area contributed by atoms with Crippen LogP contribution in [0.2, 0.25) is 0 Å². The highest BCUT2D eigenvalue weighted by Crippen LogP contribution is 2.27. The number of carbonyl (C=O) groups excluding carboxylic acids is 3. The Morgan fingerprint density at radius 2 is 1.88 bits per heavy atom. The molecule has 2 aromatic rings. The molecule has 2 heterocycles. The summed E-state index contributed by atoms with van der Waals surface area (Å²) >= 11 is 0. The quantitative estimate of drug-likeness (QED) is 0.405. The number of aromatic amines is 1. The molecule has 1 saturated heterocycles. The minimum Gasteiger partial charge on any atom is -0.381 e. The van der Waals surface area contributed by atoms with Crippen molar-refractivity contribution in [3.8, 4) is 11.4 Å². The van der Waals surface area contributed by atoms with Gasteiger partial charge in [0.1, 0.15) is 17.4 Å². The van der Waals surface area contributed by atoms with E-state index in [2.05, 4.69) is 15.3 Å². The molecular weight excluding hydrogens is 439 g/mol. The molecule has 0 aliphatic carbocycles. The lowest BCUT2D eigenvalue weighted by Gasteiger charge is -2.25. The van der Waals surface area contributed by atoms with Gasteiger partial charge in [0.05, 0.1) is 11.7 Å². The standard InChI is InChI=1S/C25H33FN4O4/c1-2-19(31)6-4-3-5-7-20(28-25(33)17-12-14-34-15-13-17)21-22(23(27)32)30-24(29-21)16-8-10-18(26)11-9-16/h8-11,17,20H,2-7,12-15H2,1H3,(H2,27,32)(H,28,33)(H,29,30)/t20-/m0/s1. The largest absolute Gasteiger partial charge is 0.381 e. The monoisotopic (exact) mass is 472 g/mol. The SMILES string of the molecule is CCC(=O)CCCCC[C@H](NC(=O)C1CCOCC1)c1[nH]c(-c2ccc(F)cc2)nc1C(N)=O. The Labute approximate surface area is 198 Å². The summed E-state index contributed by atoms with van der Waals surface area (Å²) in [6.45, 7) is 2.94. The lowest BCUT2D eigenvalue weighted by atomic mass is 9.97. The number of carbonyl (C=O) groups is 3. The number of benzene rings is 1. The molecule has 9 heteroatoms. The number of H-pyrrole nitrogens is 1. The van der Waals surface area contributed by atoms with Crippen LogP contribution in [0.5, 0.6) is 0 Å². The molecule has 4 N–H and O–H groups in total. The van der Waals surface area contributed by atoms with Gasteiger partial charge in [-0.25, -0.2) is 9.37 Å². The van der Waals surface area contributed by atoms with Crippen LogP contribution in [0, 0.1) is 11.7 Å². The fourth-order valence-electron chi connectivity index (χ4n) is 4.13. The maximum atomic E-state index is 13.4. The third kappa shape index (κ3) is 6.96. The number of imidazole rings is 1. The number of ether oxygens (including phenoxy) is 1. The summed E-state index contributed by atoms with van der Waals surface area (Å²) in [6.07, 6.45) is 5.26. The highest BCUT2D eigenvalue weighted by molar-refractivity contribution is 5.93. The average Bonchev–Trinajstić information content (AvgIpc) is 3.29. The van der Waals surface area contributed by atoms with E-state index in [1.54, 1.807) is 12.1 Å². The number of Topliss-reactive ketones (excluding diaryl/α,β-unsaturated/α-hetero) is 1. The summed E-state index contributed by atoms with van der Waals surface area (Å²) in [7, 11) is 0. The van der Waals surface area contributed by atoms with Gasteiger partial charge >= 0.3 is 0 Å². The molecule has 0 unspecified atom stereocenters. The van der Waals surface area contributed by atoms with Crippen LogP contribution in [0.4, 0.5) is 4.39 Å². The fraction of sp³-hybridized carbons (Fsp3) is 0.520. The number of aromatic nitrogens is 2. The molecule has 1 fully saturated rings. The van der Waals surface area contributed by atoms with E-state index in [1.807, 2.05) is 6.92 Å². The maximum Gasteiger partial charge on any atom is 0.269 e. The van der Waals surface area contributed by atoms with Crippen molar-refractivity contribution >= 4 is 17.6 Å². The zero-order chi connectivity index (χ0) is 24.5. The van der Waals surface area contributed by atoms with Gasteiger partial charge in [0.25, 0.3) is 5.91 Å². The van der Waals surface area contributed by atoms with E-state index in [4.69, 9.17) is 10.5 Å². The van der Waals surface area contributed by atoms with Gasteiger partial charge in [0.2, 0.25) is 5.91 Å². The van der Waals surface area contributed by atoms with Gasteiger partial charge in [-0.3, -0.25) is 14.4 Å². The van der Waals surface area contributed by atoms with Gasteiger partial charge in [-0.05, 0) is 49.9 Å². The summed E-state index contributed by atoms with van der Waals surface area (Å²) in [4.78, 5) is 44.3. The van der Waals surface area contributed by atoms with Crippen molar-refractivity contribution in [2.75, 3.05) is 13.2 Å². The number of hydrogen-bond donors (Lipinski definition) is 3. The first-order valence-electron chi connectivity index (χ1n) is 11.9. The average molecular weight is 473 g/mol. The number of rotatable bonds is 12. The van der Waals surface area contributed by atoms with Gasteiger partial charge in [-0.1, -0.05) is 19.8 Å². The summed E-state index contributed by atoms with van der Waals surface area (Å²) in [5, 5.41) is 3.08. The van der Waals surface area contributed by atoms with E-state index >= 15 is 0 Å². The van der Waals surface area contributed by atoms with Crippen molar-refractivity contribution in [2.24, 2.45) is 11.7 Å². The van der Waals surface area contributed by atoms with Crippen LogP contribution in [0.3, 0.4) is 0 Å². The van der Waals surface area contributed by atoms with Crippen molar-refractivity contribution in [1.82, 2.24) is 15.3 Å². The molecule has 1 atom stereocenters. The second kappa shape index (κ2) is 12.4. The Bertz CT molecular complexity index is 983. The van der Waals surface area contributed by atoms with E-state index in [0.717, 1.165) is 19.3 Å². The number of nitrogens with two attached hydrogens (primary N) is 1. The first-order valence-corrected chi connectivity index (χ1v) is 11.9. The Balaban J connectivity index is 1.81. The molecule has 0 radical (unpaired) electrons. The van der Waals surface area contributed by atoms with Gasteiger partial charge < -0.3 is 20.8 Å². The number of nitrogens with one attached hydrogen (secondary N) is 2. The van der Waals surface area contributed by atoms with Crippen molar-refractivity contribution in [1.29, 1.82) is 0 Å². The number of unbranched alkanes of at least 4 members (excludes halogenated alkanes) is 2. The molecule has 1 aromatic carbocycles. The molecule has 34 heavy (non-hydrogen) atoms. The highest BCUT2D eigenvalue weighted by atomic mass is 19.1. The second-order valence-electron chi connectivity index (χ2n) is 8.66. The smallest absolute Gasteiger partial charge is 0.269 e. The van der Waals surface area contributed by atoms with Gasteiger partial charge in [-0.15, -0.1) is 0 Å². The zero-order valence-electron chi connectivity index (χ0n) is 19.6.